The predicted octanol–water partition coefficient (Wildman–Crippen LogP) is 3.32. The largest absolute Gasteiger partial charge is 0.351 e. The van der Waals surface area contributed by atoms with Crippen LogP contribution in [0.2, 0.25) is 0 Å². The van der Waals surface area contributed by atoms with Gasteiger partial charge in [-0.2, -0.15) is 0 Å². The van der Waals surface area contributed by atoms with Gasteiger partial charge in [-0.15, -0.1) is 0 Å². The molecule has 0 unspecified atom stereocenters. The zero-order chi connectivity index (χ0) is 9.84. The summed E-state index contributed by atoms with van der Waals surface area (Å²) in [5, 5.41) is 0. The number of nitrogens with zero attached hydrogens (tertiary/aromatic N) is 1. The van der Waals surface area contributed by atoms with Crippen LogP contribution in [0.5, 0.6) is 0 Å². The van der Waals surface area contributed by atoms with Crippen LogP contribution < -0.4 is 0 Å². The Labute approximate surface area is 81.4 Å². The van der Waals surface area contributed by atoms with E-state index in [-0.39, 0.29) is 0 Å². The normalized spacial score (nSPS) is 19.9. The van der Waals surface area contributed by atoms with Crippen molar-refractivity contribution in [2.45, 2.75) is 27.2 Å². The zero-order valence-corrected chi connectivity index (χ0v) is 9.04. The minimum Gasteiger partial charge on any atom is -0.351 e. The van der Waals surface area contributed by atoms with E-state index in [2.05, 4.69) is 57.1 Å². The van der Waals surface area contributed by atoms with E-state index in [1.807, 2.05) is 0 Å². The molecule has 1 nitrogen and oxygen atoms in total. The second kappa shape index (κ2) is 4.31. The van der Waals surface area contributed by atoms with Gasteiger partial charge in [-0.1, -0.05) is 32.9 Å². The molecule has 0 saturated heterocycles. The first-order valence-electron chi connectivity index (χ1n) is 4.98. The van der Waals surface area contributed by atoms with Gasteiger partial charge in [-0.3, -0.25) is 0 Å². The highest BCUT2D eigenvalue weighted by Crippen LogP contribution is 2.20. The molecule has 0 bridgehead atoms. The number of hydrogen-bond acceptors (Lipinski definition) is 1. The average molecular weight is 177 g/mol. The summed E-state index contributed by atoms with van der Waals surface area (Å²) in [4.78, 5) is 2.19. The molecule has 0 spiro atoms. The van der Waals surface area contributed by atoms with Crippen LogP contribution in [0.15, 0.2) is 35.7 Å². The van der Waals surface area contributed by atoms with Crippen molar-refractivity contribution >= 4 is 0 Å². The molecule has 1 rings (SSSR count). The number of likely N-dealkylation sites (N-methyl/N-ethyl adjacent to an activating group) is 1. The molecule has 1 heterocycles. The first-order chi connectivity index (χ1) is 6.15. The van der Waals surface area contributed by atoms with Gasteiger partial charge in [0.1, 0.15) is 0 Å². The maximum Gasteiger partial charge on any atom is 0.0363 e. The molecular formula is C12H19N. The summed E-state index contributed by atoms with van der Waals surface area (Å²) in [6, 6.07) is 0. The lowest BCUT2D eigenvalue weighted by atomic mass is 10.0. The lowest BCUT2D eigenvalue weighted by Gasteiger charge is -2.22. The topological polar surface area (TPSA) is 3.24 Å². The molecule has 0 aromatic rings. The monoisotopic (exact) mass is 177 g/mol. The summed E-state index contributed by atoms with van der Waals surface area (Å²) in [5.74, 6) is 0.613. The number of allylic oxidation sites excluding steroid dienone is 4. The van der Waals surface area contributed by atoms with Crippen LogP contribution in [0.4, 0.5) is 0 Å². The van der Waals surface area contributed by atoms with Crippen molar-refractivity contribution in [1.82, 2.24) is 4.90 Å². The molecule has 72 valence electrons. The first-order valence-corrected chi connectivity index (χ1v) is 4.98. The zero-order valence-electron chi connectivity index (χ0n) is 9.04. The smallest absolute Gasteiger partial charge is 0.0363 e. The Balaban J connectivity index is 2.79. The molecule has 0 aromatic carbocycles. The van der Waals surface area contributed by atoms with Gasteiger partial charge in [0.15, 0.2) is 0 Å². The summed E-state index contributed by atoms with van der Waals surface area (Å²) in [7, 11) is 2.10. The van der Waals surface area contributed by atoms with E-state index in [9.17, 15) is 0 Å². The second-order valence-corrected chi connectivity index (χ2v) is 3.77. The third-order valence-electron chi connectivity index (χ3n) is 2.28. The molecule has 0 radical (unpaired) electrons. The van der Waals surface area contributed by atoms with E-state index in [0.717, 1.165) is 6.42 Å². The van der Waals surface area contributed by atoms with Crippen molar-refractivity contribution in [3.8, 4) is 0 Å². The van der Waals surface area contributed by atoms with E-state index in [4.69, 9.17) is 0 Å². The second-order valence-electron chi connectivity index (χ2n) is 3.77. The van der Waals surface area contributed by atoms with Gasteiger partial charge >= 0.3 is 0 Å². The predicted molar refractivity (Wildman–Crippen MR) is 58.2 cm³/mol. The van der Waals surface area contributed by atoms with Gasteiger partial charge in [-0.25, -0.2) is 0 Å². The molecule has 1 heteroatoms. The Morgan fingerprint density at radius 1 is 1.38 bits per heavy atom. The lowest BCUT2D eigenvalue weighted by molar-refractivity contribution is 0.562. The Morgan fingerprint density at radius 2 is 2.08 bits per heavy atom. The van der Waals surface area contributed by atoms with Crippen LogP contribution >= 0.6 is 0 Å². The highest BCUT2D eigenvalue weighted by molar-refractivity contribution is 5.34. The van der Waals surface area contributed by atoms with Crippen LogP contribution in [0.25, 0.3) is 0 Å². The molecule has 13 heavy (non-hydrogen) atoms. The molecule has 0 aliphatic carbocycles. The van der Waals surface area contributed by atoms with Gasteiger partial charge in [-0.05, 0) is 24.0 Å². The van der Waals surface area contributed by atoms with Crippen LogP contribution in [0.1, 0.15) is 27.2 Å². The van der Waals surface area contributed by atoms with Crippen molar-refractivity contribution in [2.75, 3.05) is 7.05 Å². The summed E-state index contributed by atoms with van der Waals surface area (Å²) < 4.78 is 0. The fourth-order valence-corrected chi connectivity index (χ4v) is 1.40. The Bertz CT molecular complexity index is 256. The fraction of sp³-hybridized carbons (Fsp3) is 0.500. The third kappa shape index (κ3) is 2.48. The van der Waals surface area contributed by atoms with Crippen molar-refractivity contribution in [2.24, 2.45) is 5.92 Å². The molecule has 0 atom stereocenters. The summed E-state index contributed by atoms with van der Waals surface area (Å²) in [6.45, 7) is 6.60. The molecule has 0 fully saturated rings. The molecule has 0 N–H and O–H groups in total. The van der Waals surface area contributed by atoms with Crippen molar-refractivity contribution in [3.63, 3.8) is 0 Å². The average Bonchev–Trinajstić information content (AvgIpc) is 2.08. The van der Waals surface area contributed by atoms with Crippen molar-refractivity contribution in [1.29, 1.82) is 0 Å². The molecule has 1 aliphatic heterocycles. The summed E-state index contributed by atoms with van der Waals surface area (Å²) in [6.07, 6.45) is 9.95. The highest BCUT2D eigenvalue weighted by Gasteiger charge is 2.07. The molecular weight excluding hydrogens is 158 g/mol. The van der Waals surface area contributed by atoms with Crippen LogP contribution in [0.3, 0.4) is 0 Å². The van der Waals surface area contributed by atoms with Crippen LogP contribution in [-0.4, -0.2) is 11.9 Å². The molecule has 1 aliphatic rings. The molecule has 0 amide bonds. The van der Waals surface area contributed by atoms with Crippen LogP contribution in [0, 0.1) is 5.92 Å². The van der Waals surface area contributed by atoms with E-state index in [1.165, 1.54) is 11.3 Å². The van der Waals surface area contributed by atoms with Crippen molar-refractivity contribution in [3.05, 3.63) is 35.7 Å². The quantitative estimate of drug-likeness (QED) is 0.625. The number of rotatable bonds is 2. The summed E-state index contributed by atoms with van der Waals surface area (Å²) in [5.41, 5.74) is 2.70. The van der Waals surface area contributed by atoms with E-state index in [0.29, 0.717) is 5.92 Å². The van der Waals surface area contributed by atoms with E-state index < -0.39 is 0 Å². The van der Waals surface area contributed by atoms with E-state index in [1.54, 1.807) is 0 Å². The maximum absolute atomic E-state index is 2.24. The SMILES string of the molecule is CC/C=C1/C=CC(C(C)C)=CN1C. The lowest BCUT2D eigenvalue weighted by Crippen LogP contribution is -2.14. The highest BCUT2D eigenvalue weighted by atomic mass is 15.1. The van der Waals surface area contributed by atoms with E-state index >= 15 is 0 Å². The maximum atomic E-state index is 2.24. The Morgan fingerprint density at radius 3 is 2.54 bits per heavy atom. The summed E-state index contributed by atoms with van der Waals surface area (Å²) >= 11 is 0. The van der Waals surface area contributed by atoms with Gasteiger partial charge in [0.25, 0.3) is 0 Å². The van der Waals surface area contributed by atoms with Crippen LogP contribution in [-0.2, 0) is 0 Å². The first kappa shape index (κ1) is 10.1. The number of hydrogen-bond donors (Lipinski definition) is 0. The molecule has 0 aromatic heterocycles. The fourth-order valence-electron chi connectivity index (χ4n) is 1.40. The van der Waals surface area contributed by atoms with Crippen molar-refractivity contribution < 1.29 is 0 Å². The molecule has 0 saturated carbocycles. The van der Waals surface area contributed by atoms with Gasteiger partial charge in [0.05, 0.1) is 0 Å². The minimum absolute atomic E-state index is 0.613. The van der Waals surface area contributed by atoms with Gasteiger partial charge < -0.3 is 4.90 Å². The van der Waals surface area contributed by atoms with Gasteiger partial charge in [0.2, 0.25) is 0 Å². The van der Waals surface area contributed by atoms with Gasteiger partial charge in [0, 0.05) is 18.9 Å². The standard InChI is InChI=1S/C12H19N/c1-5-6-12-8-7-11(10(2)3)9-13(12)4/h6-10H,5H2,1-4H3/b12-6-. The Hall–Kier alpha value is -0.980. The third-order valence-corrected chi connectivity index (χ3v) is 2.28. The Kier molecular flexibility index (Phi) is 3.35. The minimum atomic E-state index is 0.613.